The van der Waals surface area contributed by atoms with Crippen molar-refractivity contribution in [3.05, 3.63) is 76.3 Å². The van der Waals surface area contributed by atoms with Gasteiger partial charge in [0.05, 0.1) is 10.7 Å². The lowest BCUT2D eigenvalue weighted by molar-refractivity contribution is -0.117. The Labute approximate surface area is 185 Å². The molecule has 1 aromatic heterocycles. The third kappa shape index (κ3) is 6.26. The van der Waals surface area contributed by atoms with Crippen LogP contribution in [0.4, 0.5) is 11.4 Å². The van der Waals surface area contributed by atoms with Gasteiger partial charge in [-0.3, -0.25) is 9.59 Å². The molecule has 2 N–H and O–H groups in total. The first kappa shape index (κ1) is 20.8. The van der Waals surface area contributed by atoms with Gasteiger partial charge >= 0.3 is 0 Å². The van der Waals surface area contributed by atoms with E-state index in [2.05, 4.69) is 15.6 Å². The Balaban J connectivity index is 1.25. The minimum absolute atomic E-state index is 0.0642. The molecule has 0 bridgehead atoms. The second-order valence-corrected chi connectivity index (χ2v) is 8.44. The van der Waals surface area contributed by atoms with Crippen LogP contribution in [0.15, 0.2) is 60.0 Å². The lowest BCUT2D eigenvalue weighted by Gasteiger charge is -2.06. The topological polar surface area (TPSA) is 80.3 Å². The predicted molar refractivity (Wildman–Crippen MR) is 123 cm³/mol. The normalized spacial score (nSPS) is 13.2. The zero-order valence-corrected chi connectivity index (χ0v) is 17.9. The van der Waals surface area contributed by atoms with Crippen LogP contribution >= 0.6 is 11.3 Å². The number of nitrogens with one attached hydrogen (secondary N) is 2. The molecular formula is C24H23N3O3S. The van der Waals surface area contributed by atoms with E-state index in [1.807, 2.05) is 36.6 Å². The second-order valence-electron chi connectivity index (χ2n) is 7.38. The Hall–Kier alpha value is -3.45. The Morgan fingerprint density at radius 3 is 2.35 bits per heavy atom. The summed E-state index contributed by atoms with van der Waals surface area (Å²) in [6, 6.07) is 14.6. The largest absolute Gasteiger partial charge is 0.487 e. The van der Waals surface area contributed by atoms with Crippen molar-refractivity contribution >= 4 is 40.6 Å². The van der Waals surface area contributed by atoms with Crippen LogP contribution in [0.1, 0.15) is 29.1 Å². The summed E-state index contributed by atoms with van der Waals surface area (Å²) in [6.07, 6.45) is 5.16. The smallest absolute Gasteiger partial charge is 0.248 e. The fourth-order valence-corrected chi connectivity index (χ4v) is 3.49. The highest BCUT2D eigenvalue weighted by molar-refractivity contribution is 7.09. The van der Waals surface area contributed by atoms with E-state index in [-0.39, 0.29) is 17.7 Å². The van der Waals surface area contributed by atoms with E-state index in [1.54, 1.807) is 41.7 Å². The molecule has 0 radical (unpaired) electrons. The van der Waals surface area contributed by atoms with Crippen molar-refractivity contribution in [2.24, 2.45) is 5.92 Å². The van der Waals surface area contributed by atoms with E-state index >= 15 is 0 Å². The molecule has 0 aliphatic heterocycles. The van der Waals surface area contributed by atoms with Crippen molar-refractivity contribution in [1.82, 2.24) is 4.98 Å². The number of aromatic nitrogens is 1. The lowest BCUT2D eigenvalue weighted by atomic mass is 10.2. The number of thiazole rings is 1. The zero-order chi connectivity index (χ0) is 21.6. The first-order chi connectivity index (χ1) is 15.0. The van der Waals surface area contributed by atoms with Crippen LogP contribution in [0.3, 0.4) is 0 Å². The molecule has 0 saturated heterocycles. The van der Waals surface area contributed by atoms with E-state index < -0.39 is 0 Å². The van der Waals surface area contributed by atoms with Crippen LogP contribution < -0.4 is 15.4 Å². The van der Waals surface area contributed by atoms with Gasteiger partial charge in [0.2, 0.25) is 11.8 Å². The molecule has 158 valence electrons. The maximum absolute atomic E-state index is 12.2. The summed E-state index contributed by atoms with van der Waals surface area (Å²) in [5.74, 6) is 0.747. The molecule has 0 unspecified atom stereocenters. The number of rotatable bonds is 8. The number of carbonyl (C=O) groups is 2. The van der Waals surface area contributed by atoms with Crippen molar-refractivity contribution in [3.63, 3.8) is 0 Å². The number of hydrogen-bond donors (Lipinski definition) is 2. The molecule has 1 heterocycles. The minimum Gasteiger partial charge on any atom is -0.487 e. The molecule has 1 aliphatic carbocycles. The molecule has 3 aromatic rings. The van der Waals surface area contributed by atoms with Gasteiger partial charge in [0.25, 0.3) is 0 Å². The van der Waals surface area contributed by atoms with Crippen LogP contribution in [0, 0.1) is 12.8 Å². The van der Waals surface area contributed by atoms with Gasteiger partial charge in [-0.2, -0.15) is 0 Å². The average Bonchev–Trinajstić information content (AvgIpc) is 3.55. The van der Waals surface area contributed by atoms with Gasteiger partial charge < -0.3 is 15.4 Å². The number of nitrogens with zero attached hydrogens (tertiary/aromatic N) is 1. The van der Waals surface area contributed by atoms with E-state index in [0.717, 1.165) is 40.5 Å². The zero-order valence-electron chi connectivity index (χ0n) is 17.1. The Kier molecular flexibility index (Phi) is 6.43. The molecule has 2 aromatic carbocycles. The standard InChI is InChI=1S/C24H23N3O3S/c1-16-25-21(15-31-16)14-30-22-11-2-17(3-12-22)4-13-23(28)26-19-7-9-20(10-8-19)27-24(29)18-5-6-18/h2-4,7-13,15,18H,5-6,14H2,1H3,(H,26,28)(H,27,29)/b13-4+. The maximum atomic E-state index is 12.2. The molecule has 0 atom stereocenters. The summed E-state index contributed by atoms with van der Waals surface area (Å²) < 4.78 is 5.73. The van der Waals surface area contributed by atoms with Crippen molar-refractivity contribution in [3.8, 4) is 5.75 Å². The Bertz CT molecular complexity index is 1080. The summed E-state index contributed by atoms with van der Waals surface area (Å²) >= 11 is 1.60. The fourth-order valence-electron chi connectivity index (χ4n) is 2.89. The SMILES string of the molecule is Cc1nc(COc2ccc(/C=C/C(=O)Nc3ccc(NC(=O)C4CC4)cc3)cc2)cs1. The Morgan fingerprint density at radius 2 is 1.74 bits per heavy atom. The van der Waals surface area contributed by atoms with E-state index in [0.29, 0.717) is 12.3 Å². The molecular weight excluding hydrogens is 410 g/mol. The summed E-state index contributed by atoms with van der Waals surface area (Å²) in [5, 5.41) is 8.70. The minimum atomic E-state index is -0.228. The maximum Gasteiger partial charge on any atom is 0.248 e. The summed E-state index contributed by atoms with van der Waals surface area (Å²) in [5.41, 5.74) is 3.21. The molecule has 0 spiro atoms. The first-order valence-electron chi connectivity index (χ1n) is 10.1. The van der Waals surface area contributed by atoms with E-state index in [4.69, 9.17) is 4.74 Å². The van der Waals surface area contributed by atoms with Crippen molar-refractivity contribution < 1.29 is 14.3 Å². The van der Waals surface area contributed by atoms with Gasteiger partial charge in [-0.15, -0.1) is 11.3 Å². The Morgan fingerprint density at radius 1 is 1.06 bits per heavy atom. The van der Waals surface area contributed by atoms with Gasteiger partial charge in [-0.1, -0.05) is 12.1 Å². The number of carbonyl (C=O) groups excluding carboxylic acids is 2. The summed E-state index contributed by atoms with van der Waals surface area (Å²) in [6.45, 7) is 2.40. The molecule has 31 heavy (non-hydrogen) atoms. The first-order valence-corrected chi connectivity index (χ1v) is 11.0. The van der Waals surface area contributed by atoms with Crippen LogP contribution in [-0.4, -0.2) is 16.8 Å². The number of amides is 2. The lowest BCUT2D eigenvalue weighted by Crippen LogP contribution is -2.13. The van der Waals surface area contributed by atoms with E-state index in [1.165, 1.54) is 6.08 Å². The van der Waals surface area contributed by atoms with Gasteiger partial charge in [0.15, 0.2) is 0 Å². The molecule has 1 aliphatic rings. The predicted octanol–water partition coefficient (Wildman–Crippen LogP) is 5.03. The highest BCUT2D eigenvalue weighted by Crippen LogP contribution is 2.30. The van der Waals surface area contributed by atoms with E-state index in [9.17, 15) is 9.59 Å². The third-order valence-corrected chi connectivity index (χ3v) is 5.55. The highest BCUT2D eigenvalue weighted by atomic mass is 32.1. The molecule has 2 amide bonds. The van der Waals surface area contributed by atoms with Crippen LogP contribution in [0.2, 0.25) is 0 Å². The molecule has 6 nitrogen and oxygen atoms in total. The number of hydrogen-bond acceptors (Lipinski definition) is 5. The quantitative estimate of drug-likeness (QED) is 0.488. The summed E-state index contributed by atoms with van der Waals surface area (Å²) in [7, 11) is 0. The number of ether oxygens (including phenoxy) is 1. The molecule has 4 rings (SSSR count). The average molecular weight is 434 g/mol. The van der Waals surface area contributed by atoms with Crippen LogP contribution in [-0.2, 0) is 16.2 Å². The number of anilines is 2. The fraction of sp³-hybridized carbons (Fsp3) is 0.208. The molecule has 1 fully saturated rings. The highest BCUT2D eigenvalue weighted by Gasteiger charge is 2.29. The molecule has 7 heteroatoms. The van der Waals surface area contributed by atoms with Crippen LogP contribution in [0.5, 0.6) is 5.75 Å². The van der Waals surface area contributed by atoms with Gasteiger partial charge in [0.1, 0.15) is 12.4 Å². The van der Waals surface area contributed by atoms with Crippen molar-refractivity contribution in [2.75, 3.05) is 10.6 Å². The third-order valence-electron chi connectivity index (χ3n) is 4.73. The van der Waals surface area contributed by atoms with Gasteiger partial charge in [-0.05, 0) is 67.8 Å². The van der Waals surface area contributed by atoms with Crippen molar-refractivity contribution in [1.29, 1.82) is 0 Å². The van der Waals surface area contributed by atoms with Gasteiger partial charge in [-0.25, -0.2) is 4.98 Å². The second kappa shape index (κ2) is 9.57. The monoisotopic (exact) mass is 433 g/mol. The molecule has 1 saturated carbocycles. The summed E-state index contributed by atoms with van der Waals surface area (Å²) in [4.78, 5) is 28.3. The number of aryl methyl sites for hydroxylation is 1. The van der Waals surface area contributed by atoms with Crippen LogP contribution in [0.25, 0.3) is 6.08 Å². The number of benzene rings is 2. The van der Waals surface area contributed by atoms with Gasteiger partial charge in [0, 0.05) is 28.7 Å². The van der Waals surface area contributed by atoms with Crippen molar-refractivity contribution in [2.45, 2.75) is 26.4 Å².